The van der Waals surface area contributed by atoms with Gasteiger partial charge >= 0.3 is 5.97 Å². The van der Waals surface area contributed by atoms with Crippen LogP contribution in [0.3, 0.4) is 0 Å². The summed E-state index contributed by atoms with van der Waals surface area (Å²) in [5, 5.41) is 10.5. The molecule has 1 N–H and O–H groups in total. The van der Waals surface area contributed by atoms with Gasteiger partial charge in [0.15, 0.2) is 0 Å². The summed E-state index contributed by atoms with van der Waals surface area (Å²) in [6, 6.07) is 8.34. The van der Waals surface area contributed by atoms with Crippen molar-refractivity contribution in [3.8, 4) is 0 Å². The fourth-order valence-corrected chi connectivity index (χ4v) is 2.60. The highest BCUT2D eigenvalue weighted by Crippen LogP contribution is 2.30. The van der Waals surface area contributed by atoms with Crippen LogP contribution in [0.5, 0.6) is 0 Å². The third kappa shape index (κ3) is 3.42. The van der Waals surface area contributed by atoms with E-state index in [4.69, 9.17) is 34.8 Å². The third-order valence-corrected chi connectivity index (χ3v) is 3.80. The quantitative estimate of drug-likeness (QED) is 0.842. The van der Waals surface area contributed by atoms with Gasteiger partial charge in [0, 0.05) is 16.2 Å². The van der Waals surface area contributed by atoms with Crippen LogP contribution in [0, 0.1) is 0 Å². The number of hydrogen-bond donors (Lipinski definition) is 1. The number of pyridine rings is 1. The highest BCUT2D eigenvalue weighted by atomic mass is 35.5. The fourth-order valence-electron chi connectivity index (χ4n) is 1.89. The Morgan fingerprint density at radius 1 is 1.20 bits per heavy atom. The topological polar surface area (TPSA) is 50.2 Å². The van der Waals surface area contributed by atoms with Crippen molar-refractivity contribution in [1.82, 2.24) is 4.98 Å². The minimum absolute atomic E-state index is 0.196. The molecular formula is C14H10Cl3NO2. The molecule has 0 saturated heterocycles. The van der Waals surface area contributed by atoms with Gasteiger partial charge in [-0.15, -0.1) is 0 Å². The summed E-state index contributed by atoms with van der Waals surface area (Å²) in [6.07, 6.45) is 1.68. The molecule has 1 aromatic carbocycles. The van der Waals surface area contributed by atoms with Gasteiger partial charge in [0.2, 0.25) is 0 Å². The monoisotopic (exact) mass is 329 g/mol. The number of nitrogens with zero attached hydrogens (tertiary/aromatic N) is 1. The van der Waals surface area contributed by atoms with Crippen molar-refractivity contribution in [2.45, 2.75) is 12.3 Å². The molecule has 0 saturated carbocycles. The number of carbonyl (C=O) groups is 1. The summed E-state index contributed by atoms with van der Waals surface area (Å²) in [5.41, 5.74) is 1.16. The Balaban J connectivity index is 2.36. The first kappa shape index (κ1) is 15.1. The Kier molecular flexibility index (Phi) is 4.86. The Bertz CT molecular complexity index is 646. The fraction of sp³-hybridized carbons (Fsp3) is 0.143. The lowest BCUT2D eigenvalue weighted by molar-refractivity contribution is -0.138. The van der Waals surface area contributed by atoms with Crippen molar-refractivity contribution in [1.29, 1.82) is 0 Å². The molecule has 1 unspecified atom stereocenters. The predicted octanol–water partition coefficient (Wildman–Crippen LogP) is 4.45. The van der Waals surface area contributed by atoms with E-state index in [0.717, 1.165) is 0 Å². The Morgan fingerprint density at radius 3 is 2.50 bits per heavy atom. The Morgan fingerprint density at radius 2 is 1.90 bits per heavy atom. The molecule has 20 heavy (non-hydrogen) atoms. The standard InChI is InChI=1S/C14H10Cl3NO2/c15-11-4-2-1-3-9(11)10(14(19)20)5-8-7-18-13(17)6-12(8)16/h1-4,6-7,10H,5H2,(H,19,20). The molecule has 1 atom stereocenters. The molecule has 6 heteroatoms. The zero-order valence-corrected chi connectivity index (χ0v) is 12.5. The van der Waals surface area contributed by atoms with E-state index in [1.807, 2.05) is 0 Å². The van der Waals surface area contributed by atoms with Crippen molar-refractivity contribution in [2.24, 2.45) is 0 Å². The van der Waals surface area contributed by atoms with Gasteiger partial charge < -0.3 is 5.11 Å². The van der Waals surface area contributed by atoms with E-state index in [1.165, 1.54) is 12.3 Å². The molecule has 3 nitrogen and oxygen atoms in total. The highest BCUT2D eigenvalue weighted by molar-refractivity contribution is 6.34. The van der Waals surface area contributed by atoms with Crippen LogP contribution in [0.15, 0.2) is 36.5 Å². The number of hydrogen-bond acceptors (Lipinski definition) is 2. The number of aliphatic carboxylic acids is 1. The molecule has 0 fully saturated rings. The van der Waals surface area contributed by atoms with Crippen LogP contribution in [0.25, 0.3) is 0 Å². The van der Waals surface area contributed by atoms with Crippen LogP contribution in [-0.2, 0) is 11.2 Å². The SMILES string of the molecule is O=C(O)C(Cc1cnc(Cl)cc1Cl)c1ccccc1Cl. The van der Waals surface area contributed by atoms with Crippen molar-refractivity contribution in [3.05, 3.63) is 62.9 Å². The van der Waals surface area contributed by atoms with Crippen LogP contribution < -0.4 is 0 Å². The van der Waals surface area contributed by atoms with E-state index in [1.54, 1.807) is 24.3 Å². The number of benzene rings is 1. The maximum Gasteiger partial charge on any atom is 0.311 e. The number of halogens is 3. The molecule has 0 spiro atoms. The molecule has 0 bridgehead atoms. The maximum atomic E-state index is 11.5. The second kappa shape index (κ2) is 6.44. The lowest BCUT2D eigenvalue weighted by Crippen LogP contribution is -2.15. The first-order valence-electron chi connectivity index (χ1n) is 5.76. The van der Waals surface area contributed by atoms with Crippen molar-refractivity contribution < 1.29 is 9.90 Å². The normalized spacial score (nSPS) is 12.2. The molecule has 0 aliphatic carbocycles. The summed E-state index contributed by atoms with van der Waals surface area (Å²) >= 11 is 17.8. The lowest BCUT2D eigenvalue weighted by Gasteiger charge is -2.15. The van der Waals surface area contributed by atoms with Gasteiger partial charge in [-0.2, -0.15) is 0 Å². The van der Waals surface area contributed by atoms with Gasteiger partial charge in [0.25, 0.3) is 0 Å². The average molecular weight is 331 g/mol. The molecule has 0 amide bonds. The zero-order chi connectivity index (χ0) is 14.7. The second-order valence-electron chi connectivity index (χ2n) is 4.21. The highest BCUT2D eigenvalue weighted by Gasteiger charge is 2.23. The van der Waals surface area contributed by atoms with Gasteiger partial charge in [-0.05, 0) is 29.7 Å². The number of carboxylic acid groups (broad SMARTS) is 1. The molecule has 1 heterocycles. The molecule has 2 aromatic rings. The van der Waals surface area contributed by atoms with Gasteiger partial charge in [-0.3, -0.25) is 4.79 Å². The molecular weight excluding hydrogens is 321 g/mol. The van der Waals surface area contributed by atoms with E-state index in [-0.39, 0.29) is 11.6 Å². The Hall–Kier alpha value is -1.29. The smallest absolute Gasteiger partial charge is 0.311 e. The average Bonchev–Trinajstić information content (AvgIpc) is 2.39. The van der Waals surface area contributed by atoms with Crippen LogP contribution in [0.4, 0.5) is 0 Å². The maximum absolute atomic E-state index is 11.5. The zero-order valence-electron chi connectivity index (χ0n) is 10.2. The first-order valence-corrected chi connectivity index (χ1v) is 6.89. The van der Waals surface area contributed by atoms with Crippen LogP contribution in [-0.4, -0.2) is 16.1 Å². The van der Waals surface area contributed by atoms with Crippen molar-refractivity contribution in [2.75, 3.05) is 0 Å². The van der Waals surface area contributed by atoms with E-state index in [2.05, 4.69) is 4.98 Å². The number of aromatic nitrogens is 1. The van der Waals surface area contributed by atoms with Crippen molar-refractivity contribution >= 4 is 40.8 Å². The lowest BCUT2D eigenvalue weighted by atomic mass is 9.92. The molecule has 0 radical (unpaired) electrons. The summed E-state index contributed by atoms with van der Waals surface area (Å²) in [7, 11) is 0. The largest absolute Gasteiger partial charge is 0.481 e. The van der Waals surface area contributed by atoms with E-state index < -0.39 is 11.9 Å². The predicted molar refractivity (Wildman–Crippen MR) is 79.8 cm³/mol. The first-order chi connectivity index (χ1) is 9.49. The van der Waals surface area contributed by atoms with E-state index >= 15 is 0 Å². The van der Waals surface area contributed by atoms with Gasteiger partial charge in [0.1, 0.15) is 5.15 Å². The van der Waals surface area contributed by atoms with Crippen LogP contribution in [0.2, 0.25) is 15.2 Å². The van der Waals surface area contributed by atoms with Crippen molar-refractivity contribution in [3.63, 3.8) is 0 Å². The van der Waals surface area contributed by atoms with Crippen LogP contribution >= 0.6 is 34.8 Å². The van der Waals surface area contributed by atoms with Crippen LogP contribution in [0.1, 0.15) is 17.0 Å². The molecule has 0 aliphatic heterocycles. The summed E-state index contributed by atoms with van der Waals surface area (Å²) in [6.45, 7) is 0. The third-order valence-electron chi connectivity index (χ3n) is 2.90. The molecule has 104 valence electrons. The second-order valence-corrected chi connectivity index (χ2v) is 5.42. The summed E-state index contributed by atoms with van der Waals surface area (Å²) < 4.78 is 0. The van der Waals surface area contributed by atoms with Gasteiger partial charge in [-0.1, -0.05) is 53.0 Å². The summed E-state index contributed by atoms with van der Waals surface area (Å²) in [5.74, 6) is -1.76. The van der Waals surface area contributed by atoms with Gasteiger partial charge in [-0.25, -0.2) is 4.98 Å². The minimum Gasteiger partial charge on any atom is -0.481 e. The Labute approximate surface area is 131 Å². The molecule has 1 aromatic heterocycles. The minimum atomic E-state index is -0.968. The van der Waals surface area contributed by atoms with E-state index in [0.29, 0.717) is 21.2 Å². The number of rotatable bonds is 4. The summed E-state index contributed by atoms with van der Waals surface area (Å²) in [4.78, 5) is 15.4. The molecule has 0 aliphatic rings. The molecule has 2 rings (SSSR count). The van der Waals surface area contributed by atoms with E-state index in [9.17, 15) is 9.90 Å². The van der Waals surface area contributed by atoms with Gasteiger partial charge in [0.05, 0.1) is 5.92 Å². The number of carboxylic acids is 1.